The number of hydrogen-bond acceptors (Lipinski definition) is 6. The van der Waals surface area contributed by atoms with E-state index in [1.54, 1.807) is 45.9 Å². The van der Waals surface area contributed by atoms with Crippen molar-refractivity contribution in [3.8, 4) is 17.2 Å². The molecule has 2 aromatic rings. The Labute approximate surface area is 177 Å². The number of anilines is 1. The fraction of sp³-hybridized carbons (Fsp3) is 0.391. The summed E-state index contributed by atoms with van der Waals surface area (Å²) >= 11 is 0. The first kappa shape index (κ1) is 23.1. The molecule has 0 radical (unpaired) electrons. The van der Waals surface area contributed by atoms with E-state index in [0.717, 1.165) is 11.3 Å². The van der Waals surface area contributed by atoms with Gasteiger partial charge in [-0.3, -0.25) is 10.1 Å². The van der Waals surface area contributed by atoms with Crippen LogP contribution in [0, 0.1) is 6.92 Å². The zero-order chi connectivity index (χ0) is 22.1. The Morgan fingerprint density at radius 1 is 0.933 bits per heavy atom. The molecule has 7 heteroatoms. The van der Waals surface area contributed by atoms with Crippen LogP contribution in [-0.2, 0) is 9.53 Å². The lowest BCUT2D eigenvalue weighted by Gasteiger charge is -2.21. The minimum Gasteiger partial charge on any atom is -0.490 e. The Morgan fingerprint density at radius 2 is 1.57 bits per heavy atom. The first-order valence-corrected chi connectivity index (χ1v) is 9.84. The number of carbonyl (C=O) groups is 2. The highest BCUT2D eigenvalue weighted by Crippen LogP contribution is 2.36. The summed E-state index contributed by atoms with van der Waals surface area (Å²) in [6, 6.07) is 12.6. The summed E-state index contributed by atoms with van der Waals surface area (Å²) in [4.78, 5) is 24.1. The van der Waals surface area contributed by atoms with Crippen molar-refractivity contribution in [2.24, 2.45) is 0 Å². The third kappa shape index (κ3) is 7.31. The van der Waals surface area contributed by atoms with Gasteiger partial charge in [0, 0.05) is 6.42 Å². The number of hydrogen-bond donors (Lipinski definition) is 1. The van der Waals surface area contributed by atoms with Gasteiger partial charge >= 0.3 is 12.1 Å². The van der Waals surface area contributed by atoms with Gasteiger partial charge in [0.25, 0.3) is 0 Å². The second-order valence-corrected chi connectivity index (χ2v) is 7.55. The summed E-state index contributed by atoms with van der Waals surface area (Å²) in [5.74, 6) is 0.776. The molecule has 162 valence electrons. The summed E-state index contributed by atoms with van der Waals surface area (Å²) in [5, 5.41) is 2.61. The Hall–Kier alpha value is -3.22. The maximum absolute atomic E-state index is 12.2. The number of carbonyl (C=O) groups excluding carboxylic acids is 2. The molecule has 1 N–H and O–H groups in total. The molecule has 0 saturated heterocycles. The molecule has 0 aliphatic rings. The van der Waals surface area contributed by atoms with Crippen LogP contribution in [0.1, 0.15) is 39.7 Å². The molecule has 0 fully saturated rings. The van der Waals surface area contributed by atoms with Gasteiger partial charge in [0.1, 0.15) is 24.6 Å². The van der Waals surface area contributed by atoms with Crippen molar-refractivity contribution in [2.75, 3.05) is 18.5 Å². The molecule has 0 aliphatic carbocycles. The van der Waals surface area contributed by atoms with Crippen LogP contribution < -0.4 is 19.5 Å². The maximum Gasteiger partial charge on any atom is 0.412 e. The molecule has 2 aromatic carbocycles. The van der Waals surface area contributed by atoms with E-state index in [1.807, 2.05) is 31.2 Å². The highest BCUT2D eigenvalue weighted by molar-refractivity contribution is 5.89. The fourth-order valence-electron chi connectivity index (χ4n) is 2.45. The van der Waals surface area contributed by atoms with Gasteiger partial charge < -0.3 is 18.9 Å². The van der Waals surface area contributed by atoms with E-state index in [2.05, 4.69) is 5.32 Å². The van der Waals surface area contributed by atoms with Crippen LogP contribution in [0.15, 0.2) is 42.5 Å². The Bertz CT molecular complexity index is 872. The molecular weight excluding hydrogens is 386 g/mol. The second-order valence-electron chi connectivity index (χ2n) is 7.55. The van der Waals surface area contributed by atoms with Gasteiger partial charge in [0.2, 0.25) is 0 Å². The number of esters is 1. The average molecular weight is 415 g/mol. The fourth-order valence-corrected chi connectivity index (χ4v) is 2.45. The van der Waals surface area contributed by atoms with Crippen molar-refractivity contribution in [1.29, 1.82) is 0 Å². The van der Waals surface area contributed by atoms with Crippen molar-refractivity contribution < 1.29 is 28.5 Å². The van der Waals surface area contributed by atoms with Crippen molar-refractivity contribution in [3.63, 3.8) is 0 Å². The topological polar surface area (TPSA) is 83.1 Å². The third-order valence-electron chi connectivity index (χ3n) is 3.81. The SMILES string of the molecule is CCC(=O)Oc1c(NC(=O)OC(C)(C)C)cccc1OCCOc1ccccc1C. The van der Waals surface area contributed by atoms with Crippen LogP contribution in [0.2, 0.25) is 0 Å². The molecule has 0 unspecified atom stereocenters. The summed E-state index contributed by atoms with van der Waals surface area (Å²) < 4.78 is 22.2. The van der Waals surface area contributed by atoms with E-state index >= 15 is 0 Å². The van der Waals surface area contributed by atoms with Gasteiger partial charge in [0.15, 0.2) is 11.5 Å². The Balaban J connectivity index is 2.10. The van der Waals surface area contributed by atoms with Gasteiger partial charge in [-0.1, -0.05) is 31.2 Å². The van der Waals surface area contributed by atoms with Crippen LogP contribution >= 0.6 is 0 Å². The van der Waals surface area contributed by atoms with Gasteiger partial charge in [-0.25, -0.2) is 4.79 Å². The van der Waals surface area contributed by atoms with Crippen LogP contribution in [-0.4, -0.2) is 30.9 Å². The van der Waals surface area contributed by atoms with Crippen molar-refractivity contribution in [1.82, 2.24) is 0 Å². The molecular formula is C23H29NO6. The summed E-state index contributed by atoms with van der Waals surface area (Å²) in [6.07, 6.45) is -0.479. The van der Waals surface area contributed by atoms with Crippen LogP contribution in [0.4, 0.5) is 10.5 Å². The number of benzene rings is 2. The Kier molecular flexibility index (Phi) is 8.09. The van der Waals surface area contributed by atoms with Crippen LogP contribution in [0.25, 0.3) is 0 Å². The lowest BCUT2D eigenvalue weighted by Crippen LogP contribution is -2.27. The first-order chi connectivity index (χ1) is 14.2. The summed E-state index contributed by atoms with van der Waals surface area (Å²) in [7, 11) is 0. The van der Waals surface area contributed by atoms with E-state index in [9.17, 15) is 9.59 Å². The van der Waals surface area contributed by atoms with Crippen LogP contribution in [0.3, 0.4) is 0 Å². The van der Waals surface area contributed by atoms with Gasteiger partial charge in [0.05, 0.1) is 5.69 Å². The minimum atomic E-state index is -0.661. The molecule has 0 heterocycles. The maximum atomic E-state index is 12.2. The molecule has 0 atom stereocenters. The molecule has 30 heavy (non-hydrogen) atoms. The highest BCUT2D eigenvalue weighted by Gasteiger charge is 2.20. The van der Waals surface area contributed by atoms with Gasteiger partial charge in [-0.15, -0.1) is 0 Å². The lowest BCUT2D eigenvalue weighted by atomic mass is 10.2. The molecule has 2 rings (SSSR count). The second kappa shape index (κ2) is 10.5. The molecule has 0 bridgehead atoms. The van der Waals surface area contributed by atoms with E-state index in [-0.39, 0.29) is 24.5 Å². The predicted molar refractivity (Wildman–Crippen MR) is 114 cm³/mol. The zero-order valence-electron chi connectivity index (χ0n) is 18.1. The molecule has 1 amide bonds. The number of para-hydroxylation sites is 2. The quantitative estimate of drug-likeness (QED) is 0.366. The standard InChI is InChI=1S/C23H29NO6/c1-6-20(25)29-21-17(24-22(26)30-23(3,4)5)11-9-13-19(21)28-15-14-27-18-12-8-7-10-16(18)2/h7-13H,6,14-15H2,1-5H3,(H,24,26). The lowest BCUT2D eigenvalue weighted by molar-refractivity contribution is -0.134. The average Bonchev–Trinajstić information content (AvgIpc) is 2.67. The van der Waals surface area contributed by atoms with Gasteiger partial charge in [-0.2, -0.15) is 0 Å². The number of nitrogens with one attached hydrogen (secondary N) is 1. The monoisotopic (exact) mass is 415 g/mol. The number of ether oxygens (including phenoxy) is 4. The number of aryl methyl sites for hydroxylation is 1. The molecule has 0 saturated carbocycles. The van der Waals surface area contributed by atoms with E-state index in [0.29, 0.717) is 12.4 Å². The summed E-state index contributed by atoms with van der Waals surface area (Å²) in [6.45, 7) is 9.46. The zero-order valence-corrected chi connectivity index (χ0v) is 18.1. The van der Waals surface area contributed by atoms with Crippen LogP contribution in [0.5, 0.6) is 17.2 Å². The predicted octanol–water partition coefficient (Wildman–Crippen LogP) is 5.12. The third-order valence-corrected chi connectivity index (χ3v) is 3.81. The van der Waals surface area contributed by atoms with Crippen molar-refractivity contribution in [2.45, 2.75) is 46.6 Å². The van der Waals surface area contributed by atoms with E-state index in [4.69, 9.17) is 18.9 Å². The highest BCUT2D eigenvalue weighted by atomic mass is 16.6. The van der Waals surface area contributed by atoms with E-state index in [1.165, 1.54) is 0 Å². The molecule has 0 aliphatic heterocycles. The number of rotatable bonds is 8. The molecule has 0 aromatic heterocycles. The largest absolute Gasteiger partial charge is 0.490 e. The normalized spacial score (nSPS) is 10.8. The minimum absolute atomic E-state index is 0.131. The number of amides is 1. The molecule has 7 nitrogen and oxygen atoms in total. The Morgan fingerprint density at radius 3 is 2.20 bits per heavy atom. The van der Waals surface area contributed by atoms with Gasteiger partial charge in [-0.05, 0) is 51.5 Å². The molecule has 0 spiro atoms. The smallest absolute Gasteiger partial charge is 0.412 e. The first-order valence-electron chi connectivity index (χ1n) is 9.84. The van der Waals surface area contributed by atoms with Crippen molar-refractivity contribution in [3.05, 3.63) is 48.0 Å². The van der Waals surface area contributed by atoms with Crippen molar-refractivity contribution >= 4 is 17.7 Å². The summed E-state index contributed by atoms with van der Waals surface area (Å²) in [5.41, 5.74) is 0.646. The van der Waals surface area contributed by atoms with E-state index < -0.39 is 17.7 Å².